The molecule has 1 saturated heterocycles. The molecular weight excluding hydrogens is 246 g/mol. The summed E-state index contributed by atoms with van der Waals surface area (Å²) >= 11 is 0. The summed E-state index contributed by atoms with van der Waals surface area (Å²) in [6.07, 6.45) is 1.37. The van der Waals surface area contributed by atoms with Gasteiger partial charge < -0.3 is 19.8 Å². The number of methoxy groups -OCH3 is 1. The summed E-state index contributed by atoms with van der Waals surface area (Å²) in [5.41, 5.74) is 0.804. The lowest BCUT2D eigenvalue weighted by molar-refractivity contribution is -0.125. The fraction of sp³-hybridized carbons (Fsp3) is 0.357. The second-order valence-electron chi connectivity index (χ2n) is 4.45. The van der Waals surface area contributed by atoms with Crippen LogP contribution >= 0.6 is 0 Å². The van der Waals surface area contributed by atoms with Gasteiger partial charge >= 0.3 is 0 Å². The van der Waals surface area contributed by atoms with Gasteiger partial charge in [0.15, 0.2) is 0 Å². The number of nitrogens with zero attached hydrogens (tertiary/aromatic N) is 1. The summed E-state index contributed by atoms with van der Waals surface area (Å²) in [6.45, 7) is 0.326. The van der Waals surface area contributed by atoms with Crippen LogP contribution in [0.2, 0.25) is 0 Å². The Morgan fingerprint density at radius 3 is 2.58 bits per heavy atom. The summed E-state index contributed by atoms with van der Waals surface area (Å²) < 4.78 is 5.18. The Morgan fingerprint density at radius 2 is 1.95 bits per heavy atom. The number of hydrogen-bond donors (Lipinski definition) is 2. The minimum Gasteiger partial charge on any atom is -0.496 e. The van der Waals surface area contributed by atoms with Gasteiger partial charge in [0.25, 0.3) is 0 Å². The van der Waals surface area contributed by atoms with Gasteiger partial charge in [-0.1, -0.05) is 18.2 Å². The standard InChI is InChI=1S/C14H17NO4/c1-19-13-5-3-2-4-10(13)6-7-14(18)15-8-11(16)12(17)9-15/h2-7,11-12,16-17H,8-9H2,1H3/b7-6+. The monoisotopic (exact) mass is 263 g/mol. The third kappa shape index (κ3) is 3.13. The maximum Gasteiger partial charge on any atom is 0.246 e. The zero-order chi connectivity index (χ0) is 13.8. The second-order valence-corrected chi connectivity index (χ2v) is 4.45. The molecule has 0 aliphatic carbocycles. The molecule has 2 N–H and O–H groups in total. The molecule has 1 heterocycles. The molecule has 2 rings (SSSR count). The van der Waals surface area contributed by atoms with Crippen LogP contribution < -0.4 is 4.74 Å². The highest BCUT2D eigenvalue weighted by Crippen LogP contribution is 2.19. The molecule has 2 unspecified atom stereocenters. The molecule has 1 aliphatic heterocycles. The Bertz CT molecular complexity index is 476. The van der Waals surface area contributed by atoms with Gasteiger partial charge in [0.05, 0.1) is 19.3 Å². The zero-order valence-corrected chi connectivity index (χ0v) is 10.7. The number of carbonyl (C=O) groups is 1. The van der Waals surface area contributed by atoms with Crippen molar-refractivity contribution in [3.63, 3.8) is 0 Å². The molecule has 1 aromatic rings. The molecule has 1 amide bonds. The molecule has 0 radical (unpaired) electrons. The summed E-state index contributed by atoms with van der Waals surface area (Å²) in [5, 5.41) is 18.8. The van der Waals surface area contributed by atoms with E-state index in [-0.39, 0.29) is 19.0 Å². The zero-order valence-electron chi connectivity index (χ0n) is 10.7. The minimum absolute atomic E-state index is 0.163. The molecule has 0 spiro atoms. The van der Waals surface area contributed by atoms with E-state index in [0.717, 1.165) is 5.56 Å². The fourth-order valence-corrected chi connectivity index (χ4v) is 2.02. The van der Waals surface area contributed by atoms with Crippen LogP contribution in [-0.2, 0) is 4.79 Å². The molecular formula is C14H17NO4. The SMILES string of the molecule is COc1ccccc1/C=C/C(=O)N1CC(O)C(O)C1. The van der Waals surface area contributed by atoms with Gasteiger partial charge in [-0.3, -0.25) is 4.79 Å². The number of aliphatic hydroxyl groups is 2. The lowest BCUT2D eigenvalue weighted by Crippen LogP contribution is -2.27. The van der Waals surface area contributed by atoms with Crippen LogP contribution in [0.5, 0.6) is 5.75 Å². The molecule has 19 heavy (non-hydrogen) atoms. The van der Waals surface area contributed by atoms with Crippen molar-refractivity contribution in [3.8, 4) is 5.75 Å². The summed E-state index contributed by atoms with van der Waals surface area (Å²) in [7, 11) is 1.57. The molecule has 1 fully saturated rings. The van der Waals surface area contributed by atoms with Crippen molar-refractivity contribution >= 4 is 12.0 Å². The van der Waals surface area contributed by atoms with Crippen LogP contribution in [0.1, 0.15) is 5.56 Å². The Hall–Kier alpha value is -1.85. The first kappa shape index (κ1) is 13.6. The molecule has 0 bridgehead atoms. The van der Waals surface area contributed by atoms with E-state index >= 15 is 0 Å². The van der Waals surface area contributed by atoms with Gasteiger partial charge in [0, 0.05) is 24.7 Å². The molecule has 1 aliphatic rings. The topological polar surface area (TPSA) is 70.0 Å². The van der Waals surface area contributed by atoms with Crippen LogP contribution in [0, 0.1) is 0 Å². The molecule has 0 aromatic heterocycles. The number of carbonyl (C=O) groups excluding carboxylic acids is 1. The number of rotatable bonds is 3. The first-order chi connectivity index (χ1) is 9.11. The van der Waals surface area contributed by atoms with E-state index in [1.807, 2.05) is 24.3 Å². The van der Waals surface area contributed by atoms with E-state index in [1.54, 1.807) is 13.2 Å². The highest BCUT2D eigenvalue weighted by atomic mass is 16.5. The average molecular weight is 263 g/mol. The maximum absolute atomic E-state index is 11.9. The Balaban J connectivity index is 2.04. The van der Waals surface area contributed by atoms with E-state index in [1.165, 1.54) is 11.0 Å². The quantitative estimate of drug-likeness (QED) is 0.768. The van der Waals surface area contributed by atoms with E-state index in [2.05, 4.69) is 0 Å². The Morgan fingerprint density at radius 1 is 1.32 bits per heavy atom. The highest BCUT2D eigenvalue weighted by molar-refractivity contribution is 5.92. The summed E-state index contributed by atoms with van der Waals surface area (Å²) in [5.74, 6) is 0.453. The number of amides is 1. The number of aliphatic hydroxyl groups excluding tert-OH is 2. The number of hydrogen-bond acceptors (Lipinski definition) is 4. The maximum atomic E-state index is 11.9. The number of para-hydroxylation sites is 1. The fourth-order valence-electron chi connectivity index (χ4n) is 2.02. The smallest absolute Gasteiger partial charge is 0.246 e. The number of ether oxygens (including phenoxy) is 1. The molecule has 102 valence electrons. The molecule has 5 nitrogen and oxygen atoms in total. The predicted octanol–water partition coefficient (Wildman–Crippen LogP) is 0.272. The lowest BCUT2D eigenvalue weighted by atomic mass is 10.2. The van der Waals surface area contributed by atoms with Gasteiger partial charge in [0.2, 0.25) is 5.91 Å². The van der Waals surface area contributed by atoms with Crippen LogP contribution in [0.15, 0.2) is 30.3 Å². The van der Waals surface area contributed by atoms with Crippen molar-refractivity contribution in [2.45, 2.75) is 12.2 Å². The number of likely N-dealkylation sites (tertiary alicyclic amines) is 1. The van der Waals surface area contributed by atoms with Crippen molar-refractivity contribution in [3.05, 3.63) is 35.9 Å². The third-order valence-electron chi connectivity index (χ3n) is 3.12. The largest absolute Gasteiger partial charge is 0.496 e. The van der Waals surface area contributed by atoms with Crippen molar-refractivity contribution in [1.29, 1.82) is 0 Å². The van der Waals surface area contributed by atoms with Crippen LogP contribution in [0.4, 0.5) is 0 Å². The second kappa shape index (κ2) is 5.86. The Labute approximate surface area is 111 Å². The predicted molar refractivity (Wildman–Crippen MR) is 70.6 cm³/mol. The highest BCUT2D eigenvalue weighted by Gasteiger charge is 2.31. The van der Waals surface area contributed by atoms with Crippen LogP contribution in [0.25, 0.3) is 6.08 Å². The van der Waals surface area contributed by atoms with E-state index < -0.39 is 12.2 Å². The molecule has 5 heteroatoms. The van der Waals surface area contributed by atoms with Crippen molar-refractivity contribution < 1.29 is 19.7 Å². The van der Waals surface area contributed by atoms with Gasteiger partial charge in [-0.15, -0.1) is 0 Å². The van der Waals surface area contributed by atoms with Gasteiger partial charge in [-0.2, -0.15) is 0 Å². The molecule has 2 atom stereocenters. The van der Waals surface area contributed by atoms with Crippen LogP contribution in [-0.4, -0.2) is 53.4 Å². The van der Waals surface area contributed by atoms with E-state index in [4.69, 9.17) is 4.74 Å². The summed E-state index contributed by atoms with van der Waals surface area (Å²) in [4.78, 5) is 13.3. The summed E-state index contributed by atoms with van der Waals surface area (Å²) in [6, 6.07) is 7.37. The number of benzene rings is 1. The van der Waals surface area contributed by atoms with Crippen LogP contribution in [0.3, 0.4) is 0 Å². The van der Waals surface area contributed by atoms with Gasteiger partial charge in [0.1, 0.15) is 5.75 Å². The van der Waals surface area contributed by atoms with Crippen molar-refractivity contribution in [2.24, 2.45) is 0 Å². The minimum atomic E-state index is -0.858. The van der Waals surface area contributed by atoms with Gasteiger partial charge in [-0.25, -0.2) is 0 Å². The first-order valence-corrected chi connectivity index (χ1v) is 6.08. The third-order valence-corrected chi connectivity index (χ3v) is 3.12. The Kier molecular flexibility index (Phi) is 4.19. The average Bonchev–Trinajstić information content (AvgIpc) is 2.76. The van der Waals surface area contributed by atoms with Crippen molar-refractivity contribution in [1.82, 2.24) is 4.90 Å². The normalized spacial score (nSPS) is 23.0. The van der Waals surface area contributed by atoms with Gasteiger partial charge in [-0.05, 0) is 12.1 Å². The number of β-amino-alcohol motifs (C(OH)–C–C–N with tert-alkyl or cyclic N) is 2. The van der Waals surface area contributed by atoms with E-state index in [9.17, 15) is 15.0 Å². The lowest BCUT2D eigenvalue weighted by Gasteiger charge is -2.12. The molecule has 1 aromatic carbocycles. The van der Waals surface area contributed by atoms with E-state index in [0.29, 0.717) is 5.75 Å². The first-order valence-electron chi connectivity index (χ1n) is 6.08. The molecule has 0 saturated carbocycles. The van der Waals surface area contributed by atoms with Crippen molar-refractivity contribution in [2.75, 3.05) is 20.2 Å².